The first-order valence-corrected chi connectivity index (χ1v) is 7.49. The zero-order chi connectivity index (χ0) is 14.1. The third-order valence-electron chi connectivity index (χ3n) is 3.19. The first-order chi connectivity index (χ1) is 8.97. The maximum absolute atomic E-state index is 11.5. The van der Waals surface area contributed by atoms with Crippen LogP contribution in [0.1, 0.15) is 59.3 Å². The fourth-order valence-electron chi connectivity index (χ4n) is 2.11. The predicted molar refractivity (Wildman–Crippen MR) is 76.2 cm³/mol. The summed E-state index contributed by atoms with van der Waals surface area (Å²) in [6.07, 6.45) is 7.67. The van der Waals surface area contributed by atoms with E-state index in [9.17, 15) is 4.79 Å². The maximum Gasteiger partial charge on any atom is 0.246 e. The van der Waals surface area contributed by atoms with Gasteiger partial charge in [0, 0.05) is 13.2 Å². The first kappa shape index (κ1) is 16.4. The molecule has 0 aromatic carbocycles. The Morgan fingerprint density at radius 2 is 1.89 bits per heavy atom. The van der Waals surface area contributed by atoms with Gasteiger partial charge < -0.3 is 14.8 Å². The van der Waals surface area contributed by atoms with Crippen molar-refractivity contribution < 1.29 is 14.3 Å². The number of hydrogen-bond donors (Lipinski definition) is 1. The molecule has 19 heavy (non-hydrogen) atoms. The van der Waals surface area contributed by atoms with E-state index >= 15 is 0 Å². The second-order valence-electron chi connectivity index (χ2n) is 6.24. The minimum Gasteiger partial charge on any atom is -0.378 e. The quantitative estimate of drug-likeness (QED) is 0.724. The van der Waals surface area contributed by atoms with Crippen molar-refractivity contribution in [2.45, 2.75) is 71.0 Å². The van der Waals surface area contributed by atoms with Crippen LogP contribution in [-0.2, 0) is 14.3 Å². The molecule has 0 aromatic rings. The summed E-state index contributed by atoms with van der Waals surface area (Å²) in [4.78, 5) is 11.5. The van der Waals surface area contributed by atoms with E-state index in [1.54, 1.807) is 0 Å². The molecule has 4 heteroatoms. The summed E-state index contributed by atoms with van der Waals surface area (Å²) in [5.41, 5.74) is -0.262. The van der Waals surface area contributed by atoms with Gasteiger partial charge in [0.15, 0.2) is 0 Å². The molecule has 1 aliphatic rings. The van der Waals surface area contributed by atoms with Gasteiger partial charge in [-0.25, -0.2) is 0 Å². The van der Waals surface area contributed by atoms with E-state index in [1.807, 2.05) is 20.8 Å². The van der Waals surface area contributed by atoms with Gasteiger partial charge in [-0.3, -0.25) is 4.79 Å². The SMILES string of the molecule is CC(C)(C)OCC(=O)NCCCOC1CCCCC1. The smallest absolute Gasteiger partial charge is 0.246 e. The molecule has 0 spiro atoms. The molecule has 1 rings (SSSR count). The highest BCUT2D eigenvalue weighted by atomic mass is 16.5. The first-order valence-electron chi connectivity index (χ1n) is 7.49. The van der Waals surface area contributed by atoms with Crippen LogP contribution in [0, 0.1) is 0 Å². The number of nitrogens with one attached hydrogen (secondary N) is 1. The van der Waals surface area contributed by atoms with Gasteiger partial charge in [-0.15, -0.1) is 0 Å². The standard InChI is InChI=1S/C15H29NO3/c1-15(2,3)19-12-14(17)16-10-7-11-18-13-8-5-4-6-9-13/h13H,4-12H2,1-3H3,(H,16,17). The largest absolute Gasteiger partial charge is 0.378 e. The molecule has 1 amide bonds. The van der Waals surface area contributed by atoms with E-state index in [-0.39, 0.29) is 18.1 Å². The molecule has 0 bridgehead atoms. The topological polar surface area (TPSA) is 47.6 Å². The molecule has 0 atom stereocenters. The van der Waals surface area contributed by atoms with Crippen molar-refractivity contribution in [1.29, 1.82) is 0 Å². The third-order valence-corrected chi connectivity index (χ3v) is 3.19. The predicted octanol–water partition coefficient (Wildman–Crippen LogP) is 2.66. The average molecular weight is 271 g/mol. The van der Waals surface area contributed by atoms with Crippen LogP contribution in [0.15, 0.2) is 0 Å². The Kier molecular flexibility index (Phi) is 7.39. The minimum absolute atomic E-state index is 0.0485. The number of carbonyl (C=O) groups excluding carboxylic acids is 1. The van der Waals surface area contributed by atoms with Crippen LogP contribution in [0.5, 0.6) is 0 Å². The van der Waals surface area contributed by atoms with Crippen molar-refractivity contribution in [3.63, 3.8) is 0 Å². The Bertz CT molecular complexity index is 255. The van der Waals surface area contributed by atoms with Gasteiger partial charge in [-0.1, -0.05) is 19.3 Å². The van der Waals surface area contributed by atoms with Crippen molar-refractivity contribution in [1.82, 2.24) is 5.32 Å². The molecule has 0 saturated heterocycles. The van der Waals surface area contributed by atoms with Gasteiger partial charge in [-0.05, 0) is 40.0 Å². The Hall–Kier alpha value is -0.610. The van der Waals surface area contributed by atoms with Crippen molar-refractivity contribution in [2.24, 2.45) is 0 Å². The Morgan fingerprint density at radius 3 is 2.53 bits per heavy atom. The van der Waals surface area contributed by atoms with E-state index in [0.717, 1.165) is 13.0 Å². The number of rotatable bonds is 7. The van der Waals surface area contributed by atoms with Gasteiger partial charge in [-0.2, -0.15) is 0 Å². The Morgan fingerprint density at radius 1 is 1.21 bits per heavy atom. The maximum atomic E-state index is 11.5. The lowest BCUT2D eigenvalue weighted by Crippen LogP contribution is -2.33. The molecule has 0 aromatic heterocycles. The van der Waals surface area contributed by atoms with Crippen LogP contribution in [0.2, 0.25) is 0 Å². The van der Waals surface area contributed by atoms with Gasteiger partial charge in [0.2, 0.25) is 5.91 Å². The summed E-state index contributed by atoms with van der Waals surface area (Å²) in [5.74, 6) is -0.0485. The fraction of sp³-hybridized carbons (Fsp3) is 0.933. The molecule has 4 nitrogen and oxygen atoms in total. The zero-order valence-electron chi connectivity index (χ0n) is 12.7. The average Bonchev–Trinajstić information content (AvgIpc) is 2.36. The summed E-state index contributed by atoms with van der Waals surface area (Å²) in [6.45, 7) is 7.37. The number of amides is 1. The monoisotopic (exact) mass is 271 g/mol. The van der Waals surface area contributed by atoms with E-state index < -0.39 is 0 Å². The minimum atomic E-state index is -0.262. The lowest BCUT2D eigenvalue weighted by Gasteiger charge is -2.22. The number of hydrogen-bond acceptors (Lipinski definition) is 3. The highest BCUT2D eigenvalue weighted by Crippen LogP contribution is 2.20. The molecule has 0 heterocycles. The molecule has 0 aliphatic heterocycles. The van der Waals surface area contributed by atoms with Crippen LogP contribution in [0.4, 0.5) is 0 Å². The van der Waals surface area contributed by atoms with E-state index in [1.165, 1.54) is 32.1 Å². The molecule has 1 aliphatic carbocycles. The second kappa shape index (κ2) is 8.54. The summed E-state index contributed by atoms with van der Waals surface area (Å²) in [5, 5.41) is 2.85. The summed E-state index contributed by atoms with van der Waals surface area (Å²) >= 11 is 0. The zero-order valence-corrected chi connectivity index (χ0v) is 12.7. The highest BCUT2D eigenvalue weighted by Gasteiger charge is 2.14. The van der Waals surface area contributed by atoms with Gasteiger partial charge in [0.05, 0.1) is 11.7 Å². The lowest BCUT2D eigenvalue weighted by atomic mass is 9.98. The third kappa shape index (κ3) is 9.00. The van der Waals surface area contributed by atoms with E-state index in [0.29, 0.717) is 12.6 Å². The van der Waals surface area contributed by atoms with Crippen LogP contribution in [-0.4, -0.2) is 37.4 Å². The summed E-state index contributed by atoms with van der Waals surface area (Å²) in [6, 6.07) is 0. The highest BCUT2D eigenvalue weighted by molar-refractivity contribution is 5.77. The van der Waals surface area contributed by atoms with Gasteiger partial charge in [0.1, 0.15) is 6.61 Å². The second-order valence-corrected chi connectivity index (χ2v) is 6.24. The number of ether oxygens (including phenoxy) is 2. The molecule has 1 N–H and O–H groups in total. The van der Waals surface area contributed by atoms with E-state index in [2.05, 4.69) is 5.32 Å². The molecular weight excluding hydrogens is 242 g/mol. The van der Waals surface area contributed by atoms with Crippen LogP contribution >= 0.6 is 0 Å². The fourth-order valence-corrected chi connectivity index (χ4v) is 2.11. The summed E-state index contributed by atoms with van der Waals surface area (Å²) < 4.78 is 11.2. The van der Waals surface area contributed by atoms with Crippen LogP contribution in [0.25, 0.3) is 0 Å². The Balaban J connectivity index is 1.93. The Labute approximate surface area is 117 Å². The van der Waals surface area contributed by atoms with Crippen molar-refractivity contribution >= 4 is 5.91 Å². The van der Waals surface area contributed by atoms with Gasteiger partial charge >= 0.3 is 0 Å². The van der Waals surface area contributed by atoms with Crippen molar-refractivity contribution in [3.05, 3.63) is 0 Å². The lowest BCUT2D eigenvalue weighted by molar-refractivity contribution is -0.130. The normalized spacial score (nSPS) is 17.4. The number of carbonyl (C=O) groups is 1. The van der Waals surface area contributed by atoms with Gasteiger partial charge in [0.25, 0.3) is 0 Å². The molecule has 112 valence electrons. The van der Waals surface area contributed by atoms with E-state index in [4.69, 9.17) is 9.47 Å². The van der Waals surface area contributed by atoms with Crippen LogP contribution in [0.3, 0.4) is 0 Å². The molecule has 1 saturated carbocycles. The van der Waals surface area contributed by atoms with Crippen molar-refractivity contribution in [2.75, 3.05) is 19.8 Å². The molecule has 0 radical (unpaired) electrons. The van der Waals surface area contributed by atoms with Crippen molar-refractivity contribution in [3.8, 4) is 0 Å². The molecule has 1 fully saturated rings. The molecule has 0 unspecified atom stereocenters. The van der Waals surface area contributed by atoms with Crippen LogP contribution < -0.4 is 5.32 Å². The summed E-state index contributed by atoms with van der Waals surface area (Å²) in [7, 11) is 0. The molecular formula is C15H29NO3.